The maximum absolute atomic E-state index is 13.7. The zero-order valence-corrected chi connectivity index (χ0v) is 26.3. The number of methoxy groups -OCH3 is 1. The predicted octanol–water partition coefficient (Wildman–Crippen LogP) is 7.27. The smallest absolute Gasteiger partial charge is 0.335 e. The van der Waals surface area contributed by atoms with Gasteiger partial charge in [0.1, 0.15) is 18.1 Å². The lowest BCUT2D eigenvalue weighted by Gasteiger charge is -2.17. The minimum atomic E-state index is -0.965. The van der Waals surface area contributed by atoms with Crippen molar-refractivity contribution >= 4 is 45.7 Å². The Kier molecular flexibility index (Phi) is 8.91. The third kappa shape index (κ3) is 6.46. The van der Waals surface area contributed by atoms with Crippen LogP contribution in [0.1, 0.15) is 52.4 Å². The van der Waals surface area contributed by atoms with Crippen molar-refractivity contribution < 1.29 is 19.4 Å². The van der Waals surface area contributed by atoms with Gasteiger partial charge in [-0.25, -0.2) is 9.78 Å². The minimum absolute atomic E-state index is 0.199. The second kappa shape index (κ2) is 12.8. The van der Waals surface area contributed by atoms with Crippen molar-refractivity contribution in [2.75, 3.05) is 7.11 Å². The number of benzene rings is 4. The van der Waals surface area contributed by atoms with Gasteiger partial charge in [-0.15, -0.1) is 0 Å². The Hall–Kier alpha value is -4.51. The standard InChI is InChI=1S/C34H30IN3O5/c1-20(2)26-17-27(21(3)15-31(26)42-4)32-37-29-8-6-5-7-25(29)33(39)38(32)36-18-23-11-14-30(28(35)16-23)43-19-22-9-12-24(13-10-22)34(40)41/h5-18,20H,19H2,1-4H3,(H,40,41). The number of aromatic nitrogens is 2. The van der Waals surface area contributed by atoms with E-state index < -0.39 is 5.97 Å². The summed E-state index contributed by atoms with van der Waals surface area (Å²) in [6, 6.07) is 23.5. The largest absolute Gasteiger partial charge is 0.496 e. The molecule has 0 saturated heterocycles. The second-order valence-corrected chi connectivity index (χ2v) is 11.5. The molecule has 0 saturated carbocycles. The van der Waals surface area contributed by atoms with E-state index in [1.54, 1.807) is 43.7 Å². The summed E-state index contributed by atoms with van der Waals surface area (Å²) in [5.74, 6) is 1.16. The summed E-state index contributed by atoms with van der Waals surface area (Å²) in [5.41, 5.74) is 4.95. The summed E-state index contributed by atoms with van der Waals surface area (Å²) in [6.07, 6.45) is 1.64. The number of rotatable bonds is 9. The SMILES string of the molecule is COc1cc(C)c(-c2nc3ccccc3c(=O)n2N=Cc2ccc(OCc3ccc(C(=O)O)cc3)c(I)c2)cc1C(C)C. The molecule has 0 radical (unpaired) electrons. The molecule has 0 aliphatic heterocycles. The first-order chi connectivity index (χ1) is 20.7. The number of aromatic carboxylic acids is 1. The van der Waals surface area contributed by atoms with Gasteiger partial charge in [0.25, 0.3) is 5.56 Å². The molecule has 0 unspecified atom stereocenters. The molecule has 1 aromatic heterocycles. The molecule has 0 fully saturated rings. The zero-order valence-electron chi connectivity index (χ0n) is 24.2. The molecule has 1 heterocycles. The predicted molar refractivity (Wildman–Crippen MR) is 177 cm³/mol. The van der Waals surface area contributed by atoms with Crippen LogP contribution in [0.5, 0.6) is 11.5 Å². The molecule has 5 rings (SSSR count). The Morgan fingerprint density at radius 1 is 1.05 bits per heavy atom. The van der Waals surface area contributed by atoms with Gasteiger partial charge in [0, 0.05) is 5.56 Å². The molecular formula is C34H30IN3O5. The van der Waals surface area contributed by atoms with E-state index in [4.69, 9.17) is 19.6 Å². The molecule has 0 bridgehead atoms. The second-order valence-electron chi connectivity index (χ2n) is 10.4. The number of hydrogen-bond acceptors (Lipinski definition) is 6. The van der Waals surface area contributed by atoms with Gasteiger partial charge in [0.15, 0.2) is 5.82 Å². The van der Waals surface area contributed by atoms with Gasteiger partial charge in [-0.05, 0) is 112 Å². The molecule has 1 N–H and O–H groups in total. The molecular weight excluding hydrogens is 657 g/mol. The minimum Gasteiger partial charge on any atom is -0.496 e. The number of halogens is 1. The van der Waals surface area contributed by atoms with Crippen LogP contribution in [0, 0.1) is 10.5 Å². The fourth-order valence-electron chi connectivity index (χ4n) is 4.72. The number of hydrogen-bond donors (Lipinski definition) is 1. The Labute approximate surface area is 262 Å². The molecule has 0 atom stereocenters. The number of para-hydroxylation sites is 1. The van der Waals surface area contributed by atoms with Gasteiger partial charge in [0.05, 0.1) is 33.4 Å². The summed E-state index contributed by atoms with van der Waals surface area (Å²) in [5, 5.41) is 14.2. The highest BCUT2D eigenvalue weighted by atomic mass is 127. The number of nitrogens with zero attached hydrogens (tertiary/aromatic N) is 3. The van der Waals surface area contributed by atoms with Crippen LogP contribution < -0.4 is 15.0 Å². The third-order valence-corrected chi connectivity index (χ3v) is 7.91. The Morgan fingerprint density at radius 3 is 2.47 bits per heavy atom. The van der Waals surface area contributed by atoms with E-state index in [2.05, 4.69) is 41.5 Å². The lowest BCUT2D eigenvalue weighted by Crippen LogP contribution is -2.20. The van der Waals surface area contributed by atoms with Crippen LogP contribution in [0.25, 0.3) is 22.3 Å². The highest BCUT2D eigenvalue weighted by molar-refractivity contribution is 14.1. The van der Waals surface area contributed by atoms with E-state index in [9.17, 15) is 9.59 Å². The van der Waals surface area contributed by atoms with Gasteiger partial charge >= 0.3 is 5.97 Å². The van der Waals surface area contributed by atoms with E-state index >= 15 is 0 Å². The first-order valence-corrected chi connectivity index (χ1v) is 14.7. The number of fused-ring (bicyclic) bond motifs is 1. The average Bonchev–Trinajstić information content (AvgIpc) is 3.00. The molecule has 0 spiro atoms. The molecule has 8 nitrogen and oxygen atoms in total. The molecule has 0 amide bonds. The van der Waals surface area contributed by atoms with Crippen LogP contribution in [0.3, 0.4) is 0 Å². The van der Waals surface area contributed by atoms with Gasteiger partial charge in [-0.2, -0.15) is 9.78 Å². The fraction of sp³-hybridized carbons (Fsp3) is 0.176. The normalized spacial score (nSPS) is 11.4. The van der Waals surface area contributed by atoms with E-state index in [0.717, 1.165) is 37.1 Å². The molecule has 218 valence electrons. The number of carboxylic acids is 1. The first-order valence-electron chi connectivity index (χ1n) is 13.7. The van der Waals surface area contributed by atoms with Crippen LogP contribution in [-0.4, -0.2) is 34.1 Å². The Balaban J connectivity index is 1.49. The van der Waals surface area contributed by atoms with Crippen LogP contribution in [0.4, 0.5) is 0 Å². The fourth-order valence-corrected chi connectivity index (χ4v) is 5.41. The summed E-state index contributed by atoms with van der Waals surface area (Å²) in [7, 11) is 1.66. The van der Waals surface area contributed by atoms with E-state index in [0.29, 0.717) is 29.1 Å². The first kappa shape index (κ1) is 30.0. The highest BCUT2D eigenvalue weighted by Crippen LogP contribution is 2.34. The van der Waals surface area contributed by atoms with Gasteiger partial charge in [-0.3, -0.25) is 4.79 Å². The number of ether oxygens (including phenoxy) is 2. The summed E-state index contributed by atoms with van der Waals surface area (Å²) in [6.45, 7) is 6.46. The molecule has 5 aromatic rings. The summed E-state index contributed by atoms with van der Waals surface area (Å²) >= 11 is 2.19. The van der Waals surface area contributed by atoms with Crippen molar-refractivity contribution in [3.8, 4) is 22.9 Å². The van der Waals surface area contributed by atoms with Crippen LogP contribution >= 0.6 is 22.6 Å². The van der Waals surface area contributed by atoms with Crippen molar-refractivity contribution in [2.45, 2.75) is 33.3 Å². The molecule has 4 aromatic carbocycles. The van der Waals surface area contributed by atoms with Crippen molar-refractivity contribution in [1.82, 2.24) is 9.66 Å². The lowest BCUT2D eigenvalue weighted by atomic mass is 9.96. The lowest BCUT2D eigenvalue weighted by molar-refractivity contribution is 0.0697. The van der Waals surface area contributed by atoms with Gasteiger partial charge in [0.2, 0.25) is 0 Å². The summed E-state index contributed by atoms with van der Waals surface area (Å²) < 4.78 is 13.8. The van der Waals surface area contributed by atoms with Crippen molar-refractivity contribution in [3.05, 3.63) is 121 Å². The van der Waals surface area contributed by atoms with Crippen molar-refractivity contribution in [1.29, 1.82) is 0 Å². The molecule has 43 heavy (non-hydrogen) atoms. The number of aryl methyl sites for hydroxylation is 1. The maximum atomic E-state index is 13.7. The maximum Gasteiger partial charge on any atom is 0.335 e. The number of carboxylic acid groups (broad SMARTS) is 1. The molecule has 0 aliphatic rings. The van der Waals surface area contributed by atoms with E-state index in [1.807, 2.05) is 55.5 Å². The molecule has 9 heteroatoms. The topological polar surface area (TPSA) is 103 Å². The van der Waals surface area contributed by atoms with Crippen LogP contribution in [0.15, 0.2) is 88.8 Å². The van der Waals surface area contributed by atoms with Gasteiger partial charge in [-0.1, -0.05) is 38.1 Å². The van der Waals surface area contributed by atoms with Crippen molar-refractivity contribution in [3.63, 3.8) is 0 Å². The average molecular weight is 688 g/mol. The zero-order chi connectivity index (χ0) is 30.7. The van der Waals surface area contributed by atoms with E-state index in [-0.39, 0.29) is 17.0 Å². The van der Waals surface area contributed by atoms with Crippen LogP contribution in [0.2, 0.25) is 0 Å². The monoisotopic (exact) mass is 687 g/mol. The third-order valence-electron chi connectivity index (χ3n) is 7.07. The summed E-state index contributed by atoms with van der Waals surface area (Å²) in [4.78, 5) is 29.7. The highest BCUT2D eigenvalue weighted by Gasteiger charge is 2.18. The molecule has 0 aliphatic carbocycles. The Bertz CT molecular complexity index is 1910. The van der Waals surface area contributed by atoms with E-state index in [1.165, 1.54) is 4.68 Å². The van der Waals surface area contributed by atoms with Crippen LogP contribution in [-0.2, 0) is 6.61 Å². The van der Waals surface area contributed by atoms with Gasteiger partial charge < -0.3 is 14.6 Å². The quantitative estimate of drug-likeness (QED) is 0.129. The Morgan fingerprint density at radius 2 is 1.79 bits per heavy atom. The number of carbonyl (C=O) groups is 1. The van der Waals surface area contributed by atoms with Crippen molar-refractivity contribution in [2.24, 2.45) is 5.10 Å².